The second-order valence-corrected chi connectivity index (χ2v) is 9.76. The number of nitrogens with zero attached hydrogens (tertiary/aromatic N) is 1. The van der Waals surface area contributed by atoms with E-state index >= 15 is 0 Å². The predicted molar refractivity (Wildman–Crippen MR) is 145 cm³/mol. The maximum absolute atomic E-state index is 13.8. The summed E-state index contributed by atoms with van der Waals surface area (Å²) in [6, 6.07) is 24.5. The van der Waals surface area contributed by atoms with Crippen LogP contribution < -0.4 is 4.74 Å². The van der Waals surface area contributed by atoms with Crippen LogP contribution in [0.1, 0.15) is 55.2 Å². The van der Waals surface area contributed by atoms with Gasteiger partial charge in [-0.1, -0.05) is 66.7 Å². The predicted octanol–water partition coefficient (Wildman–Crippen LogP) is 6.11. The maximum atomic E-state index is 13.8. The van der Waals surface area contributed by atoms with E-state index < -0.39 is 17.8 Å². The standard InChI is InChI=1S/C32H31NO5/c1-3-37-28-18-23(14-15-26(28)34)30-29(32(36)38-19-21-10-6-4-7-11-21)20(2)33-25-16-24(17-27(35)31(25)30)22-12-8-5-9-13-22/h4-15,18,24,30-31,34H,3,16-17,19H2,1-2H3/t24-,30-,31?/m0/s1. The summed E-state index contributed by atoms with van der Waals surface area (Å²) in [7, 11) is 0. The molecule has 1 fully saturated rings. The van der Waals surface area contributed by atoms with Crippen molar-refractivity contribution >= 4 is 17.5 Å². The first kappa shape index (κ1) is 25.5. The molecule has 6 heteroatoms. The van der Waals surface area contributed by atoms with Crippen LogP contribution >= 0.6 is 0 Å². The van der Waals surface area contributed by atoms with Crippen LogP contribution in [0.5, 0.6) is 11.5 Å². The Morgan fingerprint density at radius 2 is 1.66 bits per heavy atom. The summed E-state index contributed by atoms with van der Waals surface area (Å²) in [6.45, 7) is 4.13. The number of fused-ring (bicyclic) bond motifs is 1. The van der Waals surface area contributed by atoms with Gasteiger partial charge in [0, 0.05) is 23.7 Å². The lowest BCUT2D eigenvalue weighted by Crippen LogP contribution is -2.41. The second kappa shape index (κ2) is 11.1. The quantitative estimate of drug-likeness (QED) is 0.389. The van der Waals surface area contributed by atoms with Gasteiger partial charge in [-0.25, -0.2) is 4.79 Å². The van der Waals surface area contributed by atoms with Gasteiger partial charge in [0.25, 0.3) is 0 Å². The van der Waals surface area contributed by atoms with E-state index in [4.69, 9.17) is 14.5 Å². The number of Topliss-reactive ketones (excluding diaryl/α,β-unsaturated/α-hetero) is 1. The van der Waals surface area contributed by atoms with Crippen LogP contribution in [0.3, 0.4) is 0 Å². The third-order valence-electron chi connectivity index (χ3n) is 7.30. The van der Waals surface area contributed by atoms with Gasteiger partial charge >= 0.3 is 5.97 Å². The van der Waals surface area contributed by atoms with Gasteiger partial charge < -0.3 is 14.6 Å². The lowest BCUT2D eigenvalue weighted by Gasteiger charge is -2.38. The van der Waals surface area contributed by atoms with E-state index in [1.165, 1.54) is 0 Å². The summed E-state index contributed by atoms with van der Waals surface area (Å²) in [5.41, 5.74) is 4.39. The molecule has 38 heavy (non-hydrogen) atoms. The molecule has 1 N–H and O–H groups in total. The Balaban J connectivity index is 1.55. The van der Waals surface area contributed by atoms with Crippen LogP contribution in [0.2, 0.25) is 0 Å². The average molecular weight is 510 g/mol. The Kier molecular flexibility index (Phi) is 7.40. The van der Waals surface area contributed by atoms with E-state index in [2.05, 4.69) is 0 Å². The minimum atomic E-state index is -0.588. The number of esters is 1. The number of ketones is 1. The van der Waals surface area contributed by atoms with Gasteiger partial charge in [-0.15, -0.1) is 0 Å². The molecule has 194 valence electrons. The number of phenols is 1. The van der Waals surface area contributed by atoms with Crippen molar-refractivity contribution < 1.29 is 24.2 Å². The summed E-state index contributed by atoms with van der Waals surface area (Å²) >= 11 is 0. The van der Waals surface area contributed by atoms with Crippen LogP contribution in [-0.4, -0.2) is 29.2 Å². The lowest BCUT2D eigenvalue weighted by atomic mass is 9.66. The second-order valence-electron chi connectivity index (χ2n) is 9.76. The lowest BCUT2D eigenvalue weighted by molar-refractivity contribution is -0.140. The van der Waals surface area contributed by atoms with Crippen LogP contribution in [-0.2, 0) is 20.9 Å². The van der Waals surface area contributed by atoms with Crippen molar-refractivity contribution in [2.75, 3.05) is 6.61 Å². The highest BCUT2D eigenvalue weighted by atomic mass is 16.5. The Bertz CT molecular complexity index is 1390. The fraction of sp³-hybridized carbons (Fsp3) is 0.281. The number of benzene rings is 3. The number of ether oxygens (including phenoxy) is 2. The number of rotatable bonds is 7. The highest BCUT2D eigenvalue weighted by Crippen LogP contribution is 2.47. The molecule has 1 saturated carbocycles. The Labute approximate surface area is 222 Å². The summed E-state index contributed by atoms with van der Waals surface area (Å²) < 4.78 is 11.4. The van der Waals surface area contributed by atoms with Gasteiger partial charge in [0.1, 0.15) is 12.4 Å². The Morgan fingerprint density at radius 3 is 2.37 bits per heavy atom. The molecular weight excluding hydrogens is 478 g/mol. The Hall–Kier alpha value is -4.19. The van der Waals surface area contributed by atoms with Crippen molar-refractivity contribution in [3.05, 3.63) is 107 Å². The number of carbonyl (C=O) groups excluding carboxylic acids is 2. The zero-order chi connectivity index (χ0) is 26.6. The summed E-state index contributed by atoms with van der Waals surface area (Å²) in [5, 5.41) is 10.3. The molecule has 3 aromatic rings. The molecule has 0 aromatic heterocycles. The zero-order valence-corrected chi connectivity index (χ0v) is 21.6. The van der Waals surface area contributed by atoms with E-state index in [1.807, 2.05) is 67.6 Å². The molecule has 3 atom stereocenters. The molecule has 5 rings (SSSR count). The van der Waals surface area contributed by atoms with E-state index in [1.54, 1.807) is 25.1 Å². The number of allylic oxidation sites excluding steroid dienone is 1. The van der Waals surface area contributed by atoms with Crippen LogP contribution in [0, 0.1) is 5.92 Å². The Morgan fingerprint density at radius 1 is 0.947 bits per heavy atom. The van der Waals surface area contributed by atoms with E-state index in [-0.39, 0.29) is 24.1 Å². The maximum Gasteiger partial charge on any atom is 0.336 e. The normalized spacial score (nSPS) is 20.9. The largest absolute Gasteiger partial charge is 0.504 e. The molecule has 0 saturated heterocycles. The number of phenolic OH excluding ortho intramolecular Hbond substituents is 1. The van der Waals surface area contributed by atoms with Gasteiger partial charge in [0.15, 0.2) is 11.5 Å². The first-order valence-corrected chi connectivity index (χ1v) is 13.0. The summed E-state index contributed by atoms with van der Waals surface area (Å²) in [4.78, 5) is 32.2. The third-order valence-corrected chi connectivity index (χ3v) is 7.30. The van der Waals surface area contributed by atoms with Crippen LogP contribution in [0.15, 0.2) is 95.1 Å². The number of hydrogen-bond acceptors (Lipinski definition) is 6. The molecule has 2 aliphatic rings. The molecule has 0 spiro atoms. The zero-order valence-electron chi connectivity index (χ0n) is 21.6. The van der Waals surface area contributed by atoms with Crippen molar-refractivity contribution in [1.82, 2.24) is 0 Å². The van der Waals surface area contributed by atoms with Gasteiger partial charge in [-0.05, 0) is 55.0 Å². The first-order chi connectivity index (χ1) is 18.5. The monoisotopic (exact) mass is 509 g/mol. The summed E-state index contributed by atoms with van der Waals surface area (Å²) in [5.74, 6) is -1.27. The van der Waals surface area contributed by atoms with Crippen molar-refractivity contribution in [3.8, 4) is 11.5 Å². The molecule has 1 heterocycles. The first-order valence-electron chi connectivity index (χ1n) is 13.0. The molecular formula is C32H31NO5. The molecule has 6 nitrogen and oxygen atoms in total. The van der Waals surface area contributed by atoms with E-state index in [0.29, 0.717) is 42.0 Å². The molecule has 0 radical (unpaired) electrons. The van der Waals surface area contributed by atoms with Crippen molar-refractivity contribution in [3.63, 3.8) is 0 Å². The third kappa shape index (κ3) is 5.12. The van der Waals surface area contributed by atoms with Gasteiger partial charge in [0.05, 0.1) is 18.1 Å². The minimum Gasteiger partial charge on any atom is -0.504 e. The van der Waals surface area contributed by atoms with Crippen molar-refractivity contribution in [1.29, 1.82) is 0 Å². The molecule has 0 amide bonds. The number of hydrogen-bond donors (Lipinski definition) is 1. The van der Waals surface area contributed by atoms with Gasteiger partial charge in [-0.2, -0.15) is 0 Å². The van der Waals surface area contributed by atoms with Crippen molar-refractivity contribution in [2.24, 2.45) is 10.9 Å². The summed E-state index contributed by atoms with van der Waals surface area (Å²) in [6.07, 6.45) is 1.00. The number of aromatic hydroxyl groups is 1. The number of aliphatic imine (C=N–C) groups is 1. The SMILES string of the molecule is CCOc1cc([C@H]2C(C(=O)OCc3ccccc3)=C(C)N=C3C[C@H](c4ccccc4)CC(=O)C32)ccc1O. The average Bonchev–Trinajstić information content (AvgIpc) is 2.93. The molecule has 1 aliphatic carbocycles. The van der Waals surface area contributed by atoms with E-state index in [9.17, 15) is 14.7 Å². The topological polar surface area (TPSA) is 85.2 Å². The van der Waals surface area contributed by atoms with Gasteiger partial charge in [0.2, 0.25) is 0 Å². The molecule has 3 aromatic carbocycles. The van der Waals surface area contributed by atoms with Crippen LogP contribution in [0.25, 0.3) is 0 Å². The number of carbonyl (C=O) groups is 2. The fourth-order valence-electron chi connectivity index (χ4n) is 5.56. The molecule has 1 unspecified atom stereocenters. The van der Waals surface area contributed by atoms with Gasteiger partial charge in [-0.3, -0.25) is 9.79 Å². The highest BCUT2D eigenvalue weighted by Gasteiger charge is 2.46. The van der Waals surface area contributed by atoms with Crippen molar-refractivity contribution in [2.45, 2.75) is 45.1 Å². The molecule has 1 aliphatic heterocycles. The highest BCUT2D eigenvalue weighted by molar-refractivity contribution is 6.12. The molecule has 0 bridgehead atoms. The smallest absolute Gasteiger partial charge is 0.336 e. The fourth-order valence-corrected chi connectivity index (χ4v) is 5.56. The van der Waals surface area contributed by atoms with Crippen LogP contribution in [0.4, 0.5) is 0 Å². The van der Waals surface area contributed by atoms with E-state index in [0.717, 1.165) is 16.8 Å². The minimum absolute atomic E-state index is 0.00770.